The minimum Gasteiger partial charge on any atom is -0.403 e. The molecule has 0 aliphatic carbocycles. The van der Waals surface area contributed by atoms with E-state index in [-0.39, 0.29) is 22.6 Å². The van der Waals surface area contributed by atoms with Gasteiger partial charge in [0.2, 0.25) is 21.8 Å². The third-order valence-electron chi connectivity index (χ3n) is 6.47. The van der Waals surface area contributed by atoms with Crippen molar-refractivity contribution >= 4 is 33.7 Å². The molecule has 11 nitrogen and oxygen atoms in total. The van der Waals surface area contributed by atoms with Gasteiger partial charge in [0.1, 0.15) is 0 Å². The zero-order chi connectivity index (χ0) is 28.2. The summed E-state index contributed by atoms with van der Waals surface area (Å²) in [6, 6.07) is 25.4. The minimum atomic E-state index is -3.61. The van der Waals surface area contributed by atoms with Gasteiger partial charge in [0.05, 0.1) is 10.6 Å². The second-order valence-electron chi connectivity index (χ2n) is 9.23. The van der Waals surface area contributed by atoms with Crippen molar-refractivity contribution in [3.63, 3.8) is 0 Å². The molecule has 1 aliphatic heterocycles. The van der Waals surface area contributed by atoms with E-state index >= 15 is 0 Å². The van der Waals surface area contributed by atoms with E-state index in [1.807, 2.05) is 60.7 Å². The molecule has 6 rings (SSSR count). The van der Waals surface area contributed by atoms with Crippen molar-refractivity contribution < 1.29 is 17.6 Å². The minimum absolute atomic E-state index is 0.00258. The van der Waals surface area contributed by atoms with Crippen LogP contribution in [0.25, 0.3) is 28.5 Å². The maximum Gasteiger partial charge on any atom is 0.322 e. The lowest BCUT2D eigenvalue weighted by Gasteiger charge is -2.16. The van der Waals surface area contributed by atoms with Crippen molar-refractivity contribution in [3.05, 3.63) is 84.9 Å². The first kappa shape index (κ1) is 26.9. The van der Waals surface area contributed by atoms with E-state index in [0.717, 1.165) is 24.1 Å². The monoisotopic (exact) mass is 587 g/mol. The molecule has 0 spiro atoms. The lowest BCUT2D eigenvalue weighted by atomic mass is 10.2. The fraction of sp³-hybridized carbons (Fsp3) is 0.179. The van der Waals surface area contributed by atoms with Crippen LogP contribution in [0.5, 0.6) is 0 Å². The molecule has 3 aromatic carbocycles. The van der Waals surface area contributed by atoms with Crippen molar-refractivity contribution in [2.75, 3.05) is 24.2 Å². The second-order valence-corrected chi connectivity index (χ2v) is 12.1. The van der Waals surface area contributed by atoms with Crippen LogP contribution in [0.3, 0.4) is 0 Å². The summed E-state index contributed by atoms with van der Waals surface area (Å²) >= 11 is 1.18. The van der Waals surface area contributed by atoms with Gasteiger partial charge in [0.15, 0.2) is 11.0 Å². The zero-order valence-electron chi connectivity index (χ0n) is 21.8. The summed E-state index contributed by atoms with van der Waals surface area (Å²) < 4.78 is 35.3. The normalized spacial score (nSPS) is 13.9. The number of benzene rings is 3. The molecule has 41 heavy (non-hydrogen) atoms. The van der Waals surface area contributed by atoms with Gasteiger partial charge in [-0.25, -0.2) is 8.42 Å². The topological polar surface area (TPSA) is 136 Å². The highest BCUT2D eigenvalue weighted by Gasteiger charge is 2.28. The van der Waals surface area contributed by atoms with Gasteiger partial charge in [0.25, 0.3) is 0 Å². The van der Waals surface area contributed by atoms with Crippen LogP contribution in [0, 0.1) is 0 Å². The summed E-state index contributed by atoms with van der Waals surface area (Å²) in [5.74, 6) is 0.399. The van der Waals surface area contributed by atoms with Gasteiger partial charge < -0.3 is 4.42 Å². The Morgan fingerprint density at radius 3 is 2.32 bits per heavy atom. The SMILES string of the molecule is O=C(CSc1nnc(-c2cccc(S(=O)(=O)N3CCCC3)c2)n1-c1ccccc1)Nc1nnc(-c2ccccc2)o1. The average Bonchev–Trinajstić information content (AvgIpc) is 3.79. The Hall–Kier alpha value is -4.33. The number of anilines is 1. The van der Waals surface area contributed by atoms with E-state index in [1.165, 1.54) is 16.1 Å². The molecule has 0 bridgehead atoms. The summed E-state index contributed by atoms with van der Waals surface area (Å²) in [6.07, 6.45) is 1.71. The lowest BCUT2D eigenvalue weighted by Crippen LogP contribution is -2.27. The number of hydrogen-bond acceptors (Lipinski definition) is 9. The fourth-order valence-corrected chi connectivity index (χ4v) is 6.81. The molecule has 1 saturated heterocycles. The molecule has 3 heterocycles. The molecule has 1 amide bonds. The van der Waals surface area contributed by atoms with Gasteiger partial charge >= 0.3 is 6.01 Å². The Morgan fingerprint density at radius 1 is 0.854 bits per heavy atom. The van der Waals surface area contributed by atoms with Crippen molar-refractivity contribution in [1.82, 2.24) is 29.3 Å². The largest absolute Gasteiger partial charge is 0.403 e. The Morgan fingerprint density at radius 2 is 1.56 bits per heavy atom. The van der Waals surface area contributed by atoms with Gasteiger partial charge in [-0.05, 0) is 49.2 Å². The highest BCUT2D eigenvalue weighted by Crippen LogP contribution is 2.30. The van der Waals surface area contributed by atoms with Crippen LogP contribution >= 0.6 is 11.8 Å². The van der Waals surface area contributed by atoms with Gasteiger partial charge in [-0.2, -0.15) is 4.31 Å². The molecule has 2 aromatic heterocycles. The number of sulfonamides is 1. The highest BCUT2D eigenvalue weighted by atomic mass is 32.2. The smallest absolute Gasteiger partial charge is 0.322 e. The van der Waals surface area contributed by atoms with Crippen LogP contribution in [0.1, 0.15) is 12.8 Å². The molecule has 0 saturated carbocycles. The first-order valence-corrected chi connectivity index (χ1v) is 15.3. The van der Waals surface area contributed by atoms with Crippen molar-refractivity contribution in [3.8, 4) is 28.5 Å². The Balaban J connectivity index is 1.24. The number of amides is 1. The number of nitrogens with one attached hydrogen (secondary N) is 1. The number of para-hydroxylation sites is 1. The molecule has 0 atom stereocenters. The summed E-state index contributed by atoms with van der Waals surface area (Å²) in [6.45, 7) is 1.04. The summed E-state index contributed by atoms with van der Waals surface area (Å²) in [5, 5.41) is 19.7. The van der Waals surface area contributed by atoms with E-state index in [1.54, 1.807) is 28.8 Å². The second kappa shape index (κ2) is 11.6. The number of aromatic nitrogens is 5. The fourth-order valence-electron chi connectivity index (χ4n) is 4.49. The molecule has 1 N–H and O–H groups in total. The van der Waals surface area contributed by atoms with Crippen LogP contribution < -0.4 is 5.32 Å². The zero-order valence-corrected chi connectivity index (χ0v) is 23.4. The van der Waals surface area contributed by atoms with Crippen LogP contribution in [0.4, 0.5) is 6.01 Å². The average molecular weight is 588 g/mol. The Labute approximate surface area is 240 Å². The van der Waals surface area contributed by atoms with Crippen molar-refractivity contribution in [1.29, 1.82) is 0 Å². The predicted molar refractivity (Wildman–Crippen MR) is 154 cm³/mol. The van der Waals surface area contributed by atoms with Crippen molar-refractivity contribution in [2.45, 2.75) is 22.9 Å². The standard InChI is InChI=1S/C28H25N7O4S2/c36-24(29-27-32-31-26(39-27)20-10-3-1-4-11-20)19-40-28-33-30-25(35(28)22-13-5-2-6-14-22)21-12-9-15-23(18-21)41(37,38)34-16-7-8-17-34/h1-6,9-15,18H,7-8,16-17,19H2,(H,29,32,36). The third-order valence-corrected chi connectivity index (χ3v) is 9.29. The number of hydrogen-bond donors (Lipinski definition) is 1. The number of nitrogens with zero attached hydrogens (tertiary/aromatic N) is 6. The van der Waals surface area contributed by atoms with Crippen molar-refractivity contribution in [2.24, 2.45) is 0 Å². The molecule has 5 aromatic rings. The molecular formula is C28H25N7O4S2. The van der Waals surface area contributed by atoms with Gasteiger partial charge in [-0.3, -0.25) is 14.7 Å². The van der Waals surface area contributed by atoms with Crippen LogP contribution in [-0.2, 0) is 14.8 Å². The van der Waals surface area contributed by atoms with E-state index in [9.17, 15) is 13.2 Å². The summed E-state index contributed by atoms with van der Waals surface area (Å²) in [5.41, 5.74) is 2.11. The van der Waals surface area contributed by atoms with E-state index in [0.29, 0.717) is 35.5 Å². The number of carbonyl (C=O) groups excluding carboxylic acids is 1. The van der Waals surface area contributed by atoms with E-state index in [4.69, 9.17) is 4.42 Å². The quantitative estimate of drug-likeness (QED) is 0.247. The van der Waals surface area contributed by atoms with Crippen LogP contribution in [0.2, 0.25) is 0 Å². The molecule has 1 fully saturated rings. The Bertz CT molecular complexity index is 1770. The molecule has 208 valence electrons. The third kappa shape index (κ3) is 5.78. The molecule has 0 unspecified atom stereocenters. The number of rotatable bonds is 9. The van der Waals surface area contributed by atoms with Crippen LogP contribution in [-0.4, -0.2) is 62.4 Å². The maximum absolute atomic E-state index is 13.2. The summed E-state index contributed by atoms with van der Waals surface area (Å²) in [7, 11) is -3.61. The van der Waals surface area contributed by atoms with Gasteiger partial charge in [-0.15, -0.1) is 15.3 Å². The maximum atomic E-state index is 13.2. The first-order chi connectivity index (χ1) is 20.0. The van der Waals surface area contributed by atoms with Gasteiger partial charge in [0, 0.05) is 29.9 Å². The number of thioether (sulfide) groups is 1. The Kier molecular flexibility index (Phi) is 7.63. The van der Waals surface area contributed by atoms with E-state index < -0.39 is 10.0 Å². The molecule has 0 radical (unpaired) electrons. The molecular weight excluding hydrogens is 562 g/mol. The van der Waals surface area contributed by atoms with Crippen LogP contribution in [0.15, 0.2) is 99.4 Å². The first-order valence-electron chi connectivity index (χ1n) is 12.9. The summed E-state index contributed by atoms with van der Waals surface area (Å²) in [4.78, 5) is 13.0. The molecule has 13 heteroatoms. The highest BCUT2D eigenvalue weighted by molar-refractivity contribution is 7.99. The van der Waals surface area contributed by atoms with E-state index in [2.05, 4.69) is 25.7 Å². The predicted octanol–water partition coefficient (Wildman–Crippen LogP) is 4.50. The lowest BCUT2D eigenvalue weighted by molar-refractivity contribution is -0.113. The molecule has 1 aliphatic rings. The number of carbonyl (C=O) groups is 1. The van der Waals surface area contributed by atoms with Gasteiger partial charge in [-0.1, -0.05) is 65.4 Å².